The van der Waals surface area contributed by atoms with Crippen molar-refractivity contribution < 1.29 is 24.4 Å². The second-order valence-corrected chi connectivity index (χ2v) is 5.37. The van der Waals surface area contributed by atoms with Gasteiger partial charge in [-0.2, -0.15) is 0 Å². The van der Waals surface area contributed by atoms with Crippen molar-refractivity contribution >= 4 is 6.21 Å². The standard InChI is InChI=1S/C9H19N3.C8H18O5/c1-4-10-6-2-8-12-9-3-7-11-5-1;9-1-3-11-5-7-13-8-6-12-4-2-10/h4,11-12H,1-3,5-9H2;9-10H,1-8H2. The topological polar surface area (TPSA) is 105 Å². The Morgan fingerprint density at radius 2 is 1.24 bits per heavy atom. The molecule has 0 aromatic rings. The Hall–Kier alpha value is -0.610. The molecule has 0 spiro atoms. The summed E-state index contributed by atoms with van der Waals surface area (Å²) in [6, 6.07) is 0. The fraction of sp³-hybridized carbons (Fsp3) is 0.941. The molecule has 0 aromatic heterocycles. The van der Waals surface area contributed by atoms with E-state index in [1.165, 1.54) is 12.8 Å². The summed E-state index contributed by atoms with van der Waals surface area (Å²) >= 11 is 0. The normalized spacial score (nSPS) is 16.4. The largest absolute Gasteiger partial charge is 0.394 e. The first kappa shape index (κ1) is 24.4. The van der Waals surface area contributed by atoms with Crippen LogP contribution in [0.2, 0.25) is 0 Å². The Bertz CT molecular complexity index is 247. The number of rotatable bonds is 10. The molecule has 1 rings (SSSR count). The zero-order valence-electron chi connectivity index (χ0n) is 15.5. The van der Waals surface area contributed by atoms with Crippen LogP contribution in [0.4, 0.5) is 0 Å². The first-order valence-corrected chi connectivity index (χ1v) is 9.26. The van der Waals surface area contributed by atoms with Crippen molar-refractivity contribution in [2.45, 2.75) is 19.3 Å². The quantitative estimate of drug-likeness (QED) is 0.386. The van der Waals surface area contributed by atoms with E-state index >= 15 is 0 Å². The van der Waals surface area contributed by atoms with E-state index in [1.807, 2.05) is 6.21 Å². The van der Waals surface area contributed by atoms with Crippen LogP contribution in [0.3, 0.4) is 0 Å². The van der Waals surface area contributed by atoms with Gasteiger partial charge in [0, 0.05) is 13.1 Å². The van der Waals surface area contributed by atoms with Crippen LogP contribution in [0.5, 0.6) is 0 Å². The van der Waals surface area contributed by atoms with Gasteiger partial charge in [0.2, 0.25) is 0 Å². The van der Waals surface area contributed by atoms with Crippen molar-refractivity contribution in [1.82, 2.24) is 10.6 Å². The number of aliphatic hydroxyl groups is 2. The van der Waals surface area contributed by atoms with E-state index in [-0.39, 0.29) is 13.2 Å². The molecule has 0 atom stereocenters. The van der Waals surface area contributed by atoms with Crippen molar-refractivity contribution in [2.24, 2.45) is 4.99 Å². The first-order chi connectivity index (χ1) is 12.4. The predicted octanol–water partition coefficient (Wildman–Crippen LogP) is -0.559. The lowest BCUT2D eigenvalue weighted by Crippen LogP contribution is -2.24. The maximum atomic E-state index is 8.36. The molecule has 0 aromatic carbocycles. The molecule has 1 aliphatic rings. The van der Waals surface area contributed by atoms with Crippen molar-refractivity contribution in [3.8, 4) is 0 Å². The minimum Gasteiger partial charge on any atom is -0.394 e. The molecule has 0 amide bonds. The van der Waals surface area contributed by atoms with Gasteiger partial charge in [-0.25, -0.2) is 0 Å². The summed E-state index contributed by atoms with van der Waals surface area (Å²) in [6.07, 6.45) is 5.52. The molecular formula is C17H37N3O5. The molecule has 8 heteroatoms. The summed E-state index contributed by atoms with van der Waals surface area (Å²) in [4.78, 5) is 4.30. The van der Waals surface area contributed by atoms with Gasteiger partial charge in [-0.05, 0) is 45.1 Å². The third kappa shape index (κ3) is 23.4. The van der Waals surface area contributed by atoms with Gasteiger partial charge in [-0.3, -0.25) is 4.99 Å². The number of ether oxygens (including phenoxy) is 3. The monoisotopic (exact) mass is 363 g/mol. The van der Waals surface area contributed by atoms with E-state index in [0.717, 1.165) is 39.1 Å². The van der Waals surface area contributed by atoms with Crippen molar-refractivity contribution in [2.75, 3.05) is 85.6 Å². The molecule has 0 fully saturated rings. The molecule has 0 saturated carbocycles. The zero-order valence-corrected chi connectivity index (χ0v) is 15.5. The predicted molar refractivity (Wildman–Crippen MR) is 99.6 cm³/mol. The molecule has 4 N–H and O–H groups in total. The second kappa shape index (κ2) is 23.4. The lowest BCUT2D eigenvalue weighted by molar-refractivity contribution is 0.00230. The van der Waals surface area contributed by atoms with Crippen molar-refractivity contribution in [3.63, 3.8) is 0 Å². The minimum absolute atomic E-state index is 0.0413. The Balaban J connectivity index is 0.000000462. The zero-order chi connectivity index (χ0) is 18.3. The van der Waals surface area contributed by atoms with Crippen LogP contribution in [0.25, 0.3) is 0 Å². The van der Waals surface area contributed by atoms with Crippen LogP contribution in [0.1, 0.15) is 19.3 Å². The molecule has 0 unspecified atom stereocenters. The number of aliphatic imine (C=N–C) groups is 1. The van der Waals surface area contributed by atoms with Crippen molar-refractivity contribution in [1.29, 1.82) is 0 Å². The van der Waals surface area contributed by atoms with Gasteiger partial charge in [0.05, 0.1) is 52.9 Å². The van der Waals surface area contributed by atoms with Gasteiger partial charge in [-0.15, -0.1) is 0 Å². The highest BCUT2D eigenvalue weighted by atomic mass is 16.5. The molecule has 0 radical (unpaired) electrons. The van der Waals surface area contributed by atoms with Crippen LogP contribution in [0, 0.1) is 0 Å². The molecule has 1 heterocycles. The minimum atomic E-state index is 0.0413. The van der Waals surface area contributed by atoms with E-state index in [9.17, 15) is 0 Å². The van der Waals surface area contributed by atoms with Crippen LogP contribution in [-0.4, -0.2) is 102 Å². The molecule has 0 bridgehead atoms. The maximum absolute atomic E-state index is 8.36. The average molecular weight is 363 g/mol. The van der Waals surface area contributed by atoms with Gasteiger partial charge in [0.1, 0.15) is 0 Å². The average Bonchev–Trinajstić information content (AvgIpc) is 2.61. The lowest BCUT2D eigenvalue weighted by atomic mass is 10.3. The fourth-order valence-corrected chi connectivity index (χ4v) is 1.90. The highest BCUT2D eigenvalue weighted by Crippen LogP contribution is 1.83. The van der Waals surface area contributed by atoms with Gasteiger partial charge < -0.3 is 35.1 Å². The Morgan fingerprint density at radius 3 is 1.84 bits per heavy atom. The molecular weight excluding hydrogens is 326 g/mol. The highest BCUT2D eigenvalue weighted by Gasteiger charge is 1.91. The lowest BCUT2D eigenvalue weighted by Gasteiger charge is -2.06. The smallest absolute Gasteiger partial charge is 0.0701 e. The van der Waals surface area contributed by atoms with E-state index in [4.69, 9.17) is 24.4 Å². The summed E-state index contributed by atoms with van der Waals surface area (Å²) in [5.74, 6) is 0. The van der Waals surface area contributed by atoms with Crippen LogP contribution < -0.4 is 10.6 Å². The molecule has 8 nitrogen and oxygen atoms in total. The van der Waals surface area contributed by atoms with E-state index < -0.39 is 0 Å². The third-order valence-corrected chi connectivity index (χ3v) is 3.14. The van der Waals surface area contributed by atoms with Gasteiger partial charge >= 0.3 is 0 Å². The van der Waals surface area contributed by atoms with Gasteiger partial charge in [0.15, 0.2) is 0 Å². The second-order valence-electron chi connectivity index (χ2n) is 5.37. The summed E-state index contributed by atoms with van der Waals surface area (Å²) in [5.41, 5.74) is 0. The van der Waals surface area contributed by atoms with Crippen LogP contribution >= 0.6 is 0 Å². The molecule has 150 valence electrons. The Kier molecular flexibility index (Phi) is 22.8. The maximum Gasteiger partial charge on any atom is 0.0701 e. The highest BCUT2D eigenvalue weighted by molar-refractivity contribution is 5.57. The van der Waals surface area contributed by atoms with Gasteiger partial charge in [0.25, 0.3) is 0 Å². The third-order valence-electron chi connectivity index (χ3n) is 3.14. The van der Waals surface area contributed by atoms with E-state index in [0.29, 0.717) is 39.6 Å². The molecule has 0 saturated heterocycles. The van der Waals surface area contributed by atoms with Crippen molar-refractivity contribution in [3.05, 3.63) is 0 Å². The Morgan fingerprint density at radius 1 is 0.720 bits per heavy atom. The van der Waals surface area contributed by atoms with Gasteiger partial charge in [-0.1, -0.05) is 0 Å². The summed E-state index contributed by atoms with van der Waals surface area (Å²) in [6.45, 7) is 8.19. The number of nitrogens with zero attached hydrogens (tertiary/aromatic N) is 1. The van der Waals surface area contributed by atoms with Crippen LogP contribution in [0.15, 0.2) is 4.99 Å². The summed E-state index contributed by atoms with van der Waals surface area (Å²) in [5, 5.41) is 23.5. The number of aliphatic hydroxyl groups excluding tert-OH is 2. The fourth-order valence-electron chi connectivity index (χ4n) is 1.90. The Labute approximate surface area is 152 Å². The number of hydrogen-bond acceptors (Lipinski definition) is 8. The van der Waals surface area contributed by atoms with E-state index in [1.54, 1.807) is 0 Å². The summed E-state index contributed by atoms with van der Waals surface area (Å²) < 4.78 is 15.0. The molecule has 0 aliphatic carbocycles. The van der Waals surface area contributed by atoms with Crippen LogP contribution in [-0.2, 0) is 14.2 Å². The molecule has 25 heavy (non-hydrogen) atoms. The SMILES string of the molecule is C1=NCCCNCCCNCC1.OCCOCCOCCOCCO. The molecule has 1 aliphatic heterocycles. The first-order valence-electron chi connectivity index (χ1n) is 9.26. The number of nitrogens with one attached hydrogen (secondary N) is 2. The van der Waals surface area contributed by atoms with E-state index in [2.05, 4.69) is 15.6 Å². The number of hydrogen-bond donors (Lipinski definition) is 4. The summed E-state index contributed by atoms with van der Waals surface area (Å²) in [7, 11) is 0.